The minimum absolute atomic E-state index is 0.421. The SMILES string of the molecule is COc1nccc2c(Oc3cccc(S(C)(=N)=O)c3)ccnc12. The van der Waals surface area contributed by atoms with E-state index in [2.05, 4.69) is 9.97 Å². The second-order valence-electron chi connectivity index (χ2n) is 4.95. The van der Waals surface area contributed by atoms with Gasteiger partial charge < -0.3 is 9.47 Å². The predicted octanol–water partition coefficient (Wildman–Crippen LogP) is 3.47. The average molecular weight is 329 g/mol. The Balaban J connectivity index is 2.06. The van der Waals surface area contributed by atoms with E-state index >= 15 is 0 Å². The van der Waals surface area contributed by atoms with Crippen molar-refractivity contribution in [3.63, 3.8) is 0 Å². The van der Waals surface area contributed by atoms with Gasteiger partial charge in [-0.3, -0.25) is 4.98 Å². The van der Waals surface area contributed by atoms with E-state index in [4.69, 9.17) is 14.3 Å². The Morgan fingerprint density at radius 3 is 2.65 bits per heavy atom. The number of benzene rings is 1. The molecule has 2 aromatic heterocycles. The first-order valence-corrected chi connectivity index (χ1v) is 8.75. The molecule has 1 unspecified atom stereocenters. The summed E-state index contributed by atoms with van der Waals surface area (Å²) < 4.78 is 30.6. The van der Waals surface area contributed by atoms with Gasteiger partial charge in [0.1, 0.15) is 17.0 Å². The molecule has 6 nitrogen and oxygen atoms in total. The first-order valence-electron chi connectivity index (χ1n) is 6.78. The molecule has 0 saturated carbocycles. The van der Waals surface area contributed by atoms with E-state index in [1.165, 1.54) is 13.4 Å². The maximum absolute atomic E-state index is 11.9. The number of hydrogen-bond acceptors (Lipinski definition) is 6. The fourth-order valence-electron chi connectivity index (χ4n) is 2.17. The Labute approximate surface area is 134 Å². The van der Waals surface area contributed by atoms with Crippen molar-refractivity contribution in [2.45, 2.75) is 4.90 Å². The third kappa shape index (κ3) is 3.09. The van der Waals surface area contributed by atoms with E-state index in [-0.39, 0.29) is 0 Å². The van der Waals surface area contributed by atoms with Crippen molar-refractivity contribution in [3.8, 4) is 17.4 Å². The summed E-state index contributed by atoms with van der Waals surface area (Å²) in [7, 11) is -1.26. The van der Waals surface area contributed by atoms with Crippen molar-refractivity contribution in [1.29, 1.82) is 4.78 Å². The van der Waals surface area contributed by atoms with Crippen LogP contribution < -0.4 is 9.47 Å². The van der Waals surface area contributed by atoms with Crippen molar-refractivity contribution in [2.75, 3.05) is 13.4 Å². The molecule has 0 aliphatic rings. The van der Waals surface area contributed by atoms with E-state index in [1.807, 2.05) is 0 Å². The van der Waals surface area contributed by atoms with Crippen LogP contribution in [0.1, 0.15) is 0 Å². The molecule has 0 saturated heterocycles. The minimum atomic E-state index is -2.79. The quantitative estimate of drug-likeness (QED) is 0.792. The van der Waals surface area contributed by atoms with Gasteiger partial charge in [0.2, 0.25) is 5.88 Å². The molecule has 0 fully saturated rings. The highest BCUT2D eigenvalue weighted by atomic mass is 32.2. The number of nitrogens with zero attached hydrogens (tertiary/aromatic N) is 2. The van der Waals surface area contributed by atoms with E-state index in [1.54, 1.807) is 48.8 Å². The van der Waals surface area contributed by atoms with Crippen molar-refractivity contribution >= 4 is 20.6 Å². The Kier molecular flexibility index (Phi) is 3.87. The summed E-state index contributed by atoms with van der Waals surface area (Å²) in [6.07, 6.45) is 4.61. The highest BCUT2D eigenvalue weighted by molar-refractivity contribution is 7.91. The van der Waals surface area contributed by atoms with Crippen LogP contribution >= 0.6 is 0 Å². The normalized spacial score (nSPS) is 13.5. The Morgan fingerprint density at radius 2 is 1.91 bits per heavy atom. The van der Waals surface area contributed by atoms with Gasteiger partial charge in [-0.15, -0.1) is 0 Å². The summed E-state index contributed by atoms with van der Waals surface area (Å²) in [5, 5.41) is 0.757. The number of hydrogen-bond donors (Lipinski definition) is 1. The van der Waals surface area contributed by atoms with Gasteiger partial charge in [-0.25, -0.2) is 14.0 Å². The van der Waals surface area contributed by atoms with Crippen LogP contribution in [0.15, 0.2) is 53.7 Å². The lowest BCUT2D eigenvalue weighted by atomic mass is 10.2. The number of ether oxygens (including phenoxy) is 2. The molecule has 7 heteroatoms. The molecule has 118 valence electrons. The van der Waals surface area contributed by atoms with Crippen LogP contribution in [0.3, 0.4) is 0 Å². The van der Waals surface area contributed by atoms with E-state index < -0.39 is 9.73 Å². The monoisotopic (exact) mass is 329 g/mol. The fourth-order valence-corrected chi connectivity index (χ4v) is 2.85. The fraction of sp³-hybridized carbons (Fsp3) is 0.125. The van der Waals surface area contributed by atoms with Gasteiger partial charge in [0.25, 0.3) is 0 Å². The zero-order valence-electron chi connectivity index (χ0n) is 12.6. The van der Waals surface area contributed by atoms with Gasteiger partial charge in [0, 0.05) is 18.6 Å². The van der Waals surface area contributed by atoms with Crippen molar-refractivity contribution in [1.82, 2.24) is 9.97 Å². The Bertz CT molecular complexity index is 971. The molecule has 23 heavy (non-hydrogen) atoms. The van der Waals surface area contributed by atoms with Crippen LogP contribution in [-0.2, 0) is 9.73 Å². The largest absolute Gasteiger partial charge is 0.479 e. The molecule has 3 aromatic rings. The maximum atomic E-state index is 11.9. The topological polar surface area (TPSA) is 85.2 Å². The molecule has 0 spiro atoms. The molecule has 3 rings (SSSR count). The minimum Gasteiger partial charge on any atom is -0.479 e. The number of pyridine rings is 2. The molecule has 0 radical (unpaired) electrons. The Hall–Kier alpha value is -2.67. The zero-order chi connectivity index (χ0) is 16.4. The first-order chi connectivity index (χ1) is 11.0. The standard InChI is InChI=1S/C16H15N3O3S/c1-21-16-15-13(6-8-19-16)14(7-9-18-15)22-11-4-3-5-12(10-11)23(2,17)20/h3-10,17H,1-2H3. The molecule has 1 atom stereocenters. The zero-order valence-corrected chi connectivity index (χ0v) is 13.5. The van der Waals surface area contributed by atoms with Gasteiger partial charge in [-0.1, -0.05) is 6.07 Å². The summed E-state index contributed by atoms with van der Waals surface area (Å²) in [5.74, 6) is 1.51. The molecule has 0 amide bonds. The van der Waals surface area contributed by atoms with Gasteiger partial charge in [-0.05, 0) is 30.3 Å². The highest BCUT2D eigenvalue weighted by Crippen LogP contribution is 2.32. The van der Waals surface area contributed by atoms with Gasteiger partial charge in [-0.2, -0.15) is 0 Å². The second kappa shape index (κ2) is 5.85. The summed E-state index contributed by atoms with van der Waals surface area (Å²) in [6, 6.07) is 10.3. The third-order valence-electron chi connectivity index (χ3n) is 3.26. The van der Waals surface area contributed by atoms with E-state index in [0.29, 0.717) is 27.8 Å². The average Bonchev–Trinajstić information content (AvgIpc) is 2.54. The second-order valence-corrected chi connectivity index (χ2v) is 7.10. The lowest BCUT2D eigenvalue weighted by Crippen LogP contribution is -1.96. The molecule has 0 bridgehead atoms. The van der Waals surface area contributed by atoms with E-state index in [9.17, 15) is 4.21 Å². The van der Waals surface area contributed by atoms with Gasteiger partial charge in [0.15, 0.2) is 0 Å². The molecule has 0 aliphatic carbocycles. The van der Waals surface area contributed by atoms with Crippen LogP contribution in [0.4, 0.5) is 0 Å². The summed E-state index contributed by atoms with van der Waals surface area (Å²) in [4.78, 5) is 8.81. The lowest BCUT2D eigenvalue weighted by molar-refractivity contribution is 0.402. The summed E-state index contributed by atoms with van der Waals surface area (Å²) in [5.41, 5.74) is 0.600. The summed E-state index contributed by atoms with van der Waals surface area (Å²) >= 11 is 0. The highest BCUT2D eigenvalue weighted by Gasteiger charge is 2.10. The van der Waals surface area contributed by atoms with Crippen LogP contribution in [0.25, 0.3) is 10.9 Å². The molecular weight excluding hydrogens is 314 g/mol. The third-order valence-corrected chi connectivity index (χ3v) is 4.42. The van der Waals surface area contributed by atoms with Gasteiger partial charge >= 0.3 is 0 Å². The number of rotatable bonds is 4. The van der Waals surface area contributed by atoms with Crippen molar-refractivity contribution < 1.29 is 13.7 Å². The number of fused-ring (bicyclic) bond motifs is 1. The summed E-state index contributed by atoms with van der Waals surface area (Å²) in [6.45, 7) is 0. The number of nitrogens with one attached hydrogen (secondary N) is 1. The molecule has 0 aliphatic heterocycles. The molecule has 2 heterocycles. The van der Waals surface area contributed by atoms with Crippen molar-refractivity contribution in [2.24, 2.45) is 0 Å². The lowest BCUT2D eigenvalue weighted by Gasteiger charge is -2.11. The van der Waals surface area contributed by atoms with Crippen molar-refractivity contribution in [3.05, 3.63) is 48.8 Å². The smallest absolute Gasteiger partial charge is 0.240 e. The maximum Gasteiger partial charge on any atom is 0.240 e. The van der Waals surface area contributed by atoms with Crippen LogP contribution in [0.2, 0.25) is 0 Å². The molecule has 1 aromatic carbocycles. The number of aromatic nitrogens is 2. The van der Waals surface area contributed by atoms with Crippen LogP contribution in [0.5, 0.6) is 17.4 Å². The van der Waals surface area contributed by atoms with Gasteiger partial charge in [0.05, 0.1) is 27.1 Å². The Morgan fingerprint density at radius 1 is 1.13 bits per heavy atom. The van der Waals surface area contributed by atoms with Crippen LogP contribution in [0, 0.1) is 4.78 Å². The predicted molar refractivity (Wildman–Crippen MR) is 87.7 cm³/mol. The first kappa shape index (κ1) is 15.2. The van der Waals surface area contributed by atoms with Crippen LogP contribution in [-0.4, -0.2) is 27.5 Å². The molecule has 1 N–H and O–H groups in total. The van der Waals surface area contributed by atoms with E-state index in [0.717, 1.165) is 5.39 Å². The molecular formula is C16H15N3O3S. The number of methoxy groups -OCH3 is 1.